The van der Waals surface area contributed by atoms with Gasteiger partial charge in [-0.15, -0.1) is 0 Å². The number of hydrogen-bond acceptors (Lipinski definition) is 2. The van der Waals surface area contributed by atoms with Gasteiger partial charge in [-0.3, -0.25) is 0 Å². The van der Waals surface area contributed by atoms with Gasteiger partial charge in [0.25, 0.3) is 0 Å². The van der Waals surface area contributed by atoms with Crippen molar-refractivity contribution < 1.29 is 4.74 Å². The van der Waals surface area contributed by atoms with Crippen LogP contribution in [0, 0.1) is 0 Å². The lowest BCUT2D eigenvalue weighted by Crippen LogP contribution is -2.41. The zero-order chi connectivity index (χ0) is 14.7. The topological polar surface area (TPSA) is 21.3 Å². The second-order valence-corrected chi connectivity index (χ2v) is 6.07. The number of nitrogens with one attached hydrogen (secondary N) is 1. The van der Waals surface area contributed by atoms with E-state index in [1.165, 1.54) is 11.1 Å². The maximum Gasteiger partial charge on any atom is 0.124 e. The van der Waals surface area contributed by atoms with Gasteiger partial charge in [0, 0.05) is 24.6 Å². The molecule has 1 N–H and O–H groups in total. The molecule has 2 heteroatoms. The third kappa shape index (κ3) is 3.11. The normalized spacial score (nSPS) is 24.2. The summed E-state index contributed by atoms with van der Waals surface area (Å²) in [5.74, 6) is 1.03. The summed E-state index contributed by atoms with van der Waals surface area (Å²) in [6, 6.07) is 19.3. The van der Waals surface area contributed by atoms with E-state index in [-0.39, 0.29) is 5.60 Å². The smallest absolute Gasteiger partial charge is 0.124 e. The van der Waals surface area contributed by atoms with Crippen LogP contribution in [0.3, 0.4) is 0 Å². The Morgan fingerprint density at radius 2 is 1.81 bits per heavy atom. The molecule has 2 aromatic rings. The Bertz CT molecular complexity index is 596. The summed E-state index contributed by atoms with van der Waals surface area (Å²) < 4.78 is 6.21. The Morgan fingerprint density at radius 3 is 2.57 bits per heavy atom. The van der Waals surface area contributed by atoms with Gasteiger partial charge in [0.05, 0.1) is 0 Å². The molecule has 0 radical (unpaired) electrons. The monoisotopic (exact) mass is 281 g/mol. The molecule has 21 heavy (non-hydrogen) atoms. The fourth-order valence-corrected chi connectivity index (χ4v) is 2.95. The van der Waals surface area contributed by atoms with Crippen molar-refractivity contribution in [3.8, 4) is 5.75 Å². The molecule has 0 aliphatic carbocycles. The van der Waals surface area contributed by atoms with Crippen LogP contribution in [0.25, 0.3) is 0 Å². The molecular formula is C19H23NO. The molecule has 0 saturated heterocycles. The highest BCUT2D eigenvalue weighted by Crippen LogP contribution is 2.40. The van der Waals surface area contributed by atoms with E-state index in [1.807, 2.05) is 0 Å². The van der Waals surface area contributed by atoms with Gasteiger partial charge in [0.2, 0.25) is 0 Å². The van der Waals surface area contributed by atoms with Crippen molar-refractivity contribution in [2.75, 3.05) is 0 Å². The van der Waals surface area contributed by atoms with Crippen LogP contribution in [-0.4, -0.2) is 5.60 Å². The molecule has 2 atom stereocenters. The lowest BCUT2D eigenvalue weighted by Gasteiger charge is -2.40. The fourth-order valence-electron chi connectivity index (χ4n) is 2.95. The zero-order valence-corrected chi connectivity index (χ0v) is 12.8. The highest BCUT2D eigenvalue weighted by molar-refractivity contribution is 5.38. The number of benzene rings is 2. The molecule has 0 fully saturated rings. The largest absolute Gasteiger partial charge is 0.487 e. The number of rotatable bonds is 4. The van der Waals surface area contributed by atoms with E-state index >= 15 is 0 Å². The molecule has 1 heterocycles. The summed E-state index contributed by atoms with van der Waals surface area (Å²) in [5, 5.41) is 3.70. The third-order valence-corrected chi connectivity index (χ3v) is 4.43. The Hall–Kier alpha value is -1.80. The summed E-state index contributed by atoms with van der Waals surface area (Å²) >= 11 is 0. The number of para-hydroxylation sites is 1. The van der Waals surface area contributed by atoms with E-state index in [0.29, 0.717) is 6.04 Å². The van der Waals surface area contributed by atoms with Crippen LogP contribution in [0.5, 0.6) is 5.75 Å². The Balaban J connectivity index is 1.80. The summed E-state index contributed by atoms with van der Waals surface area (Å²) in [4.78, 5) is 0. The van der Waals surface area contributed by atoms with E-state index in [9.17, 15) is 0 Å². The molecule has 110 valence electrons. The first-order valence-electron chi connectivity index (χ1n) is 7.75. The average Bonchev–Trinajstić information content (AvgIpc) is 2.53. The van der Waals surface area contributed by atoms with Crippen molar-refractivity contribution in [3.05, 3.63) is 65.7 Å². The van der Waals surface area contributed by atoms with Gasteiger partial charge in [0.1, 0.15) is 11.4 Å². The van der Waals surface area contributed by atoms with Crippen molar-refractivity contribution >= 4 is 0 Å². The van der Waals surface area contributed by atoms with Gasteiger partial charge < -0.3 is 10.1 Å². The van der Waals surface area contributed by atoms with Crippen LogP contribution >= 0.6 is 0 Å². The maximum atomic E-state index is 6.21. The minimum Gasteiger partial charge on any atom is -0.487 e. The Morgan fingerprint density at radius 1 is 1.10 bits per heavy atom. The van der Waals surface area contributed by atoms with Crippen molar-refractivity contribution in [3.63, 3.8) is 0 Å². The molecule has 0 bridgehead atoms. The lowest BCUT2D eigenvalue weighted by atomic mass is 9.86. The molecule has 1 aliphatic rings. The summed E-state index contributed by atoms with van der Waals surface area (Å²) in [6.45, 7) is 5.29. The third-order valence-electron chi connectivity index (χ3n) is 4.43. The number of hydrogen-bond donors (Lipinski definition) is 1. The second kappa shape index (κ2) is 5.90. The second-order valence-electron chi connectivity index (χ2n) is 6.07. The minimum atomic E-state index is -0.0806. The highest BCUT2D eigenvalue weighted by atomic mass is 16.5. The van der Waals surface area contributed by atoms with Gasteiger partial charge in [-0.1, -0.05) is 55.5 Å². The minimum absolute atomic E-state index is 0.0806. The van der Waals surface area contributed by atoms with Gasteiger partial charge in [-0.25, -0.2) is 0 Å². The Labute approximate surface area is 127 Å². The average molecular weight is 281 g/mol. The first kappa shape index (κ1) is 14.2. The van der Waals surface area contributed by atoms with Crippen LogP contribution in [0.4, 0.5) is 0 Å². The quantitative estimate of drug-likeness (QED) is 0.893. The van der Waals surface area contributed by atoms with Crippen LogP contribution in [0.2, 0.25) is 0 Å². The molecule has 1 aliphatic heterocycles. The van der Waals surface area contributed by atoms with Crippen molar-refractivity contribution in [2.24, 2.45) is 0 Å². The molecule has 2 aromatic carbocycles. The molecule has 0 amide bonds. The number of ether oxygens (including phenoxy) is 1. The standard InChI is InChI=1S/C19H23NO/c1-3-19(2)13-17(16-11-7-8-12-18(16)21-19)20-14-15-9-5-4-6-10-15/h4-12,17,20H,3,13-14H2,1-2H3. The molecule has 2 nitrogen and oxygen atoms in total. The van der Waals surface area contributed by atoms with E-state index in [2.05, 4.69) is 73.8 Å². The maximum absolute atomic E-state index is 6.21. The van der Waals surface area contributed by atoms with Gasteiger partial charge in [0.15, 0.2) is 0 Å². The predicted molar refractivity (Wildman–Crippen MR) is 86.4 cm³/mol. The van der Waals surface area contributed by atoms with Crippen LogP contribution in [0.15, 0.2) is 54.6 Å². The van der Waals surface area contributed by atoms with Crippen molar-refractivity contribution in [1.82, 2.24) is 5.32 Å². The zero-order valence-electron chi connectivity index (χ0n) is 12.8. The van der Waals surface area contributed by atoms with Crippen LogP contribution in [0.1, 0.15) is 43.9 Å². The summed E-state index contributed by atoms with van der Waals surface area (Å²) in [6.07, 6.45) is 2.03. The van der Waals surface area contributed by atoms with Crippen LogP contribution < -0.4 is 10.1 Å². The molecule has 0 aromatic heterocycles. The summed E-state index contributed by atoms with van der Waals surface area (Å²) in [7, 11) is 0. The van der Waals surface area contributed by atoms with Crippen molar-refractivity contribution in [1.29, 1.82) is 0 Å². The first-order valence-corrected chi connectivity index (χ1v) is 7.75. The highest BCUT2D eigenvalue weighted by Gasteiger charge is 2.35. The summed E-state index contributed by atoms with van der Waals surface area (Å²) in [5.41, 5.74) is 2.52. The molecule has 0 saturated carbocycles. The lowest BCUT2D eigenvalue weighted by molar-refractivity contribution is 0.0439. The SMILES string of the molecule is CCC1(C)CC(NCc2ccccc2)c2ccccc2O1. The van der Waals surface area contributed by atoms with Crippen molar-refractivity contribution in [2.45, 2.75) is 44.9 Å². The predicted octanol–water partition coefficient (Wildman–Crippen LogP) is 4.47. The van der Waals surface area contributed by atoms with E-state index in [4.69, 9.17) is 4.74 Å². The van der Waals surface area contributed by atoms with Gasteiger partial charge in [-0.2, -0.15) is 0 Å². The van der Waals surface area contributed by atoms with E-state index < -0.39 is 0 Å². The van der Waals surface area contributed by atoms with Crippen LogP contribution in [-0.2, 0) is 6.54 Å². The van der Waals surface area contributed by atoms with E-state index in [1.54, 1.807) is 0 Å². The van der Waals surface area contributed by atoms with E-state index in [0.717, 1.165) is 25.1 Å². The fraction of sp³-hybridized carbons (Fsp3) is 0.368. The van der Waals surface area contributed by atoms with Gasteiger partial charge in [-0.05, 0) is 25.0 Å². The first-order chi connectivity index (χ1) is 10.2. The molecule has 2 unspecified atom stereocenters. The Kier molecular flexibility index (Phi) is 3.98. The number of fused-ring (bicyclic) bond motifs is 1. The molecule has 3 rings (SSSR count). The molecule has 0 spiro atoms. The molecular weight excluding hydrogens is 258 g/mol. The van der Waals surface area contributed by atoms with Gasteiger partial charge >= 0.3 is 0 Å².